The van der Waals surface area contributed by atoms with Gasteiger partial charge in [0.15, 0.2) is 5.16 Å². The molecule has 0 aliphatic heterocycles. The fourth-order valence-corrected chi connectivity index (χ4v) is 2.52. The molecule has 3 nitrogen and oxygen atoms in total. The molecule has 1 heterocycles. The fraction of sp³-hybridized carbons (Fsp3) is 0.308. The van der Waals surface area contributed by atoms with Gasteiger partial charge in [0.2, 0.25) is 0 Å². The van der Waals surface area contributed by atoms with Crippen LogP contribution in [-0.4, -0.2) is 16.1 Å². The first-order valence-corrected chi connectivity index (χ1v) is 6.66. The first kappa shape index (κ1) is 13.1. The van der Waals surface area contributed by atoms with E-state index in [4.69, 9.17) is 0 Å². The van der Waals surface area contributed by atoms with Gasteiger partial charge >= 0.3 is 0 Å². The summed E-state index contributed by atoms with van der Waals surface area (Å²) in [5, 5.41) is 4.05. The minimum absolute atomic E-state index is 0.206. The van der Waals surface area contributed by atoms with Crippen LogP contribution in [0, 0.1) is 5.82 Å². The number of imidazole rings is 1. The maximum Gasteiger partial charge on any atom is 0.172 e. The van der Waals surface area contributed by atoms with Crippen LogP contribution in [0.2, 0.25) is 0 Å². The molecule has 0 aliphatic carbocycles. The summed E-state index contributed by atoms with van der Waals surface area (Å²) in [6, 6.07) is 5.09. The van der Waals surface area contributed by atoms with Crippen LogP contribution in [-0.2, 0) is 13.6 Å². The second-order valence-corrected chi connectivity index (χ2v) is 5.04. The standard InChI is InChI=1S/C13H16FN3S/c1-3-15-9-10-6-11(14)8-12(7-10)18-13-16-4-5-17(13)2/h4-8,15H,3,9H2,1-2H3. The second kappa shape index (κ2) is 6.02. The third-order valence-corrected chi connectivity index (χ3v) is 3.54. The summed E-state index contributed by atoms with van der Waals surface area (Å²) in [5.41, 5.74) is 0.952. The van der Waals surface area contributed by atoms with E-state index >= 15 is 0 Å². The Hall–Kier alpha value is -1.33. The maximum absolute atomic E-state index is 13.5. The first-order chi connectivity index (χ1) is 8.69. The third kappa shape index (κ3) is 3.34. The zero-order valence-corrected chi connectivity index (χ0v) is 11.3. The summed E-state index contributed by atoms with van der Waals surface area (Å²) in [7, 11) is 1.92. The van der Waals surface area contributed by atoms with Crippen LogP contribution in [0.3, 0.4) is 0 Å². The Kier molecular flexibility index (Phi) is 4.38. The van der Waals surface area contributed by atoms with Gasteiger partial charge in [-0.05, 0) is 30.3 Å². The van der Waals surface area contributed by atoms with Gasteiger partial charge in [0.1, 0.15) is 5.82 Å². The molecule has 1 aromatic heterocycles. The van der Waals surface area contributed by atoms with Crippen LogP contribution in [0.15, 0.2) is 40.6 Å². The molecule has 1 N–H and O–H groups in total. The zero-order chi connectivity index (χ0) is 13.0. The van der Waals surface area contributed by atoms with E-state index in [0.29, 0.717) is 6.54 Å². The Morgan fingerprint density at radius 2 is 2.22 bits per heavy atom. The molecule has 18 heavy (non-hydrogen) atoms. The monoisotopic (exact) mass is 265 g/mol. The fourth-order valence-electron chi connectivity index (χ4n) is 1.61. The molecular formula is C13H16FN3S. The van der Waals surface area contributed by atoms with Gasteiger partial charge < -0.3 is 9.88 Å². The third-order valence-electron chi connectivity index (χ3n) is 2.50. The van der Waals surface area contributed by atoms with E-state index in [1.165, 1.54) is 17.8 Å². The molecule has 0 spiro atoms. The second-order valence-electron chi connectivity index (χ2n) is 4.00. The number of benzene rings is 1. The van der Waals surface area contributed by atoms with Gasteiger partial charge in [-0.3, -0.25) is 0 Å². The summed E-state index contributed by atoms with van der Waals surface area (Å²) in [6.45, 7) is 3.59. The molecule has 0 radical (unpaired) electrons. The number of nitrogens with zero attached hydrogens (tertiary/aromatic N) is 2. The molecular weight excluding hydrogens is 249 g/mol. The average Bonchev–Trinajstić information content (AvgIpc) is 2.72. The highest BCUT2D eigenvalue weighted by atomic mass is 32.2. The lowest BCUT2D eigenvalue weighted by Crippen LogP contribution is -2.11. The predicted octanol–water partition coefficient (Wildman–Crippen LogP) is 2.82. The lowest BCUT2D eigenvalue weighted by molar-refractivity contribution is 0.617. The molecule has 0 unspecified atom stereocenters. The van der Waals surface area contributed by atoms with Gasteiger partial charge in [0, 0.05) is 30.9 Å². The normalized spacial score (nSPS) is 10.8. The summed E-state index contributed by atoms with van der Waals surface area (Å²) >= 11 is 1.47. The van der Waals surface area contributed by atoms with Crippen molar-refractivity contribution < 1.29 is 4.39 Å². The van der Waals surface area contributed by atoms with Crippen molar-refractivity contribution in [1.29, 1.82) is 0 Å². The highest BCUT2D eigenvalue weighted by Crippen LogP contribution is 2.27. The van der Waals surface area contributed by atoms with Crippen LogP contribution in [0.25, 0.3) is 0 Å². The Morgan fingerprint density at radius 1 is 1.39 bits per heavy atom. The van der Waals surface area contributed by atoms with Gasteiger partial charge in [-0.15, -0.1) is 0 Å². The summed E-state index contributed by atoms with van der Waals surface area (Å²) in [5.74, 6) is -0.206. The number of halogens is 1. The summed E-state index contributed by atoms with van der Waals surface area (Å²) < 4.78 is 15.4. The van der Waals surface area contributed by atoms with E-state index in [-0.39, 0.29) is 5.82 Å². The molecule has 0 saturated heterocycles. The van der Waals surface area contributed by atoms with E-state index in [9.17, 15) is 4.39 Å². The molecule has 1 aromatic carbocycles. The van der Waals surface area contributed by atoms with Crippen molar-refractivity contribution in [2.45, 2.75) is 23.5 Å². The van der Waals surface area contributed by atoms with Crippen LogP contribution >= 0.6 is 11.8 Å². The summed E-state index contributed by atoms with van der Waals surface area (Å²) in [6.07, 6.45) is 3.61. The van der Waals surface area contributed by atoms with Crippen molar-refractivity contribution in [3.05, 3.63) is 42.0 Å². The van der Waals surface area contributed by atoms with Crippen molar-refractivity contribution in [3.8, 4) is 0 Å². The largest absolute Gasteiger partial charge is 0.329 e. The molecule has 2 aromatic rings. The van der Waals surface area contributed by atoms with Gasteiger partial charge in [-0.25, -0.2) is 9.37 Å². The molecule has 0 atom stereocenters. The molecule has 2 rings (SSSR count). The minimum Gasteiger partial charge on any atom is -0.329 e. The number of rotatable bonds is 5. The zero-order valence-electron chi connectivity index (χ0n) is 10.5. The number of hydrogen-bond acceptors (Lipinski definition) is 3. The van der Waals surface area contributed by atoms with Crippen LogP contribution in [0.5, 0.6) is 0 Å². The molecule has 0 bridgehead atoms. The molecule has 0 amide bonds. The van der Waals surface area contributed by atoms with E-state index in [0.717, 1.165) is 22.2 Å². The number of hydrogen-bond donors (Lipinski definition) is 1. The molecule has 0 saturated carbocycles. The van der Waals surface area contributed by atoms with Crippen molar-refractivity contribution in [1.82, 2.24) is 14.9 Å². The average molecular weight is 265 g/mol. The van der Waals surface area contributed by atoms with Crippen molar-refractivity contribution in [2.75, 3.05) is 6.54 Å². The van der Waals surface area contributed by atoms with Crippen molar-refractivity contribution in [3.63, 3.8) is 0 Å². The molecule has 0 fully saturated rings. The van der Waals surface area contributed by atoms with Gasteiger partial charge in [0.25, 0.3) is 0 Å². The topological polar surface area (TPSA) is 29.9 Å². The molecule has 96 valence electrons. The van der Waals surface area contributed by atoms with Crippen LogP contribution < -0.4 is 5.32 Å². The quantitative estimate of drug-likeness (QED) is 0.901. The van der Waals surface area contributed by atoms with E-state index in [1.807, 2.05) is 30.8 Å². The number of nitrogens with one attached hydrogen (secondary N) is 1. The van der Waals surface area contributed by atoms with Crippen LogP contribution in [0.4, 0.5) is 4.39 Å². The van der Waals surface area contributed by atoms with E-state index in [2.05, 4.69) is 10.3 Å². The Bertz CT molecular complexity index is 525. The van der Waals surface area contributed by atoms with Gasteiger partial charge in [-0.1, -0.05) is 18.7 Å². The molecule has 0 aliphatic rings. The van der Waals surface area contributed by atoms with E-state index in [1.54, 1.807) is 12.3 Å². The molecule has 5 heteroatoms. The Morgan fingerprint density at radius 3 is 2.89 bits per heavy atom. The smallest absolute Gasteiger partial charge is 0.172 e. The first-order valence-electron chi connectivity index (χ1n) is 5.84. The lowest BCUT2D eigenvalue weighted by Gasteiger charge is -2.06. The highest BCUT2D eigenvalue weighted by molar-refractivity contribution is 7.99. The highest BCUT2D eigenvalue weighted by Gasteiger charge is 2.05. The maximum atomic E-state index is 13.5. The Labute approximate surface area is 110 Å². The minimum atomic E-state index is -0.206. The summed E-state index contributed by atoms with van der Waals surface area (Å²) in [4.78, 5) is 5.09. The number of aromatic nitrogens is 2. The van der Waals surface area contributed by atoms with Gasteiger partial charge in [-0.2, -0.15) is 0 Å². The van der Waals surface area contributed by atoms with Crippen molar-refractivity contribution >= 4 is 11.8 Å². The SMILES string of the molecule is CCNCc1cc(F)cc(Sc2nccn2C)c1. The Balaban J connectivity index is 2.17. The number of aryl methyl sites for hydroxylation is 1. The predicted molar refractivity (Wildman–Crippen MR) is 71.1 cm³/mol. The lowest BCUT2D eigenvalue weighted by atomic mass is 10.2. The van der Waals surface area contributed by atoms with Gasteiger partial charge in [0.05, 0.1) is 0 Å². The van der Waals surface area contributed by atoms with E-state index < -0.39 is 0 Å². The van der Waals surface area contributed by atoms with Crippen molar-refractivity contribution in [2.24, 2.45) is 7.05 Å². The van der Waals surface area contributed by atoms with Crippen LogP contribution in [0.1, 0.15) is 12.5 Å².